The fourth-order valence-corrected chi connectivity index (χ4v) is 3.56. The van der Waals surface area contributed by atoms with Crippen LogP contribution < -0.4 is 5.32 Å². The zero-order valence-electron chi connectivity index (χ0n) is 12.4. The van der Waals surface area contributed by atoms with Crippen LogP contribution in [0.15, 0.2) is 29.4 Å². The first-order chi connectivity index (χ1) is 11.1. The van der Waals surface area contributed by atoms with Crippen molar-refractivity contribution in [3.05, 3.63) is 35.1 Å². The number of carboxylic acid groups (broad SMARTS) is 1. The van der Waals surface area contributed by atoms with E-state index in [1.54, 1.807) is 6.07 Å². The predicted molar refractivity (Wildman–Crippen MR) is 89.6 cm³/mol. The van der Waals surface area contributed by atoms with Gasteiger partial charge < -0.3 is 10.4 Å². The normalized spacial score (nSPS) is 18.0. The van der Waals surface area contributed by atoms with Crippen LogP contribution in [0.4, 0.5) is 0 Å². The number of hydrogen-bond donors (Lipinski definition) is 2. The molecule has 1 aliphatic heterocycles. The number of hydrogen-bond acceptors (Lipinski definition) is 5. The number of carboxylic acids is 1. The van der Waals surface area contributed by atoms with Gasteiger partial charge in [-0.2, -0.15) is 0 Å². The first-order valence-electron chi connectivity index (χ1n) is 7.41. The molecular formula is C15H17ClN4O2S. The first kappa shape index (κ1) is 16.3. The Hall–Kier alpha value is -1.57. The lowest BCUT2D eigenvalue weighted by Crippen LogP contribution is -2.30. The Kier molecular flexibility index (Phi) is 5.20. The molecule has 0 saturated carbocycles. The van der Waals surface area contributed by atoms with E-state index in [9.17, 15) is 4.79 Å². The summed E-state index contributed by atoms with van der Waals surface area (Å²) in [6.07, 6.45) is 2.12. The van der Waals surface area contributed by atoms with Gasteiger partial charge in [0.25, 0.3) is 0 Å². The highest BCUT2D eigenvalue weighted by Gasteiger charge is 2.24. The molecule has 1 aromatic heterocycles. The number of aliphatic carboxylic acids is 1. The second-order valence-electron chi connectivity index (χ2n) is 5.38. The summed E-state index contributed by atoms with van der Waals surface area (Å²) in [5.74, 6) is 0.181. The molecule has 1 fully saturated rings. The van der Waals surface area contributed by atoms with Crippen molar-refractivity contribution >= 4 is 29.3 Å². The number of nitrogens with zero attached hydrogens (tertiary/aromatic N) is 3. The van der Waals surface area contributed by atoms with Crippen LogP contribution in [0.5, 0.6) is 0 Å². The number of thioether (sulfide) groups is 1. The molecule has 122 valence electrons. The lowest BCUT2D eigenvalue weighted by molar-refractivity contribution is -0.133. The summed E-state index contributed by atoms with van der Waals surface area (Å²) in [6, 6.07) is 7.45. The van der Waals surface area contributed by atoms with Crippen LogP contribution in [0.2, 0.25) is 5.02 Å². The maximum atomic E-state index is 10.9. The molecule has 1 aromatic carbocycles. The molecule has 6 nitrogen and oxygen atoms in total. The zero-order chi connectivity index (χ0) is 16.2. The van der Waals surface area contributed by atoms with Crippen LogP contribution in [0, 0.1) is 0 Å². The number of benzene rings is 1. The van der Waals surface area contributed by atoms with Gasteiger partial charge >= 0.3 is 5.97 Å². The van der Waals surface area contributed by atoms with Crippen molar-refractivity contribution in [3.63, 3.8) is 0 Å². The van der Waals surface area contributed by atoms with Crippen molar-refractivity contribution in [1.82, 2.24) is 20.1 Å². The Morgan fingerprint density at radius 1 is 1.48 bits per heavy atom. The van der Waals surface area contributed by atoms with E-state index >= 15 is 0 Å². The molecule has 1 atom stereocenters. The van der Waals surface area contributed by atoms with E-state index in [-0.39, 0.29) is 11.7 Å². The monoisotopic (exact) mass is 352 g/mol. The summed E-state index contributed by atoms with van der Waals surface area (Å²) in [7, 11) is 0. The highest BCUT2D eigenvalue weighted by Crippen LogP contribution is 2.29. The van der Waals surface area contributed by atoms with Crippen molar-refractivity contribution in [2.45, 2.75) is 23.9 Å². The Morgan fingerprint density at radius 3 is 3.04 bits per heavy atom. The van der Waals surface area contributed by atoms with Gasteiger partial charge in [-0.3, -0.25) is 9.36 Å². The maximum Gasteiger partial charge on any atom is 0.313 e. The lowest BCUT2D eigenvalue weighted by Gasteiger charge is -2.23. The van der Waals surface area contributed by atoms with Crippen LogP contribution in [0.1, 0.15) is 24.6 Å². The largest absolute Gasteiger partial charge is 0.481 e. The van der Waals surface area contributed by atoms with E-state index in [0.717, 1.165) is 37.4 Å². The molecule has 2 heterocycles. The van der Waals surface area contributed by atoms with Crippen molar-refractivity contribution in [1.29, 1.82) is 0 Å². The number of halogens is 1. The fraction of sp³-hybridized carbons (Fsp3) is 0.400. The first-order valence-corrected chi connectivity index (χ1v) is 8.78. The molecule has 3 rings (SSSR count). The smallest absolute Gasteiger partial charge is 0.313 e. The molecule has 0 amide bonds. The standard InChI is InChI=1S/C15H17ClN4O2S/c16-11-4-1-5-12(7-11)20-14(10-3-2-6-17-8-10)18-19-15(20)23-9-13(21)22/h1,4-5,7,10,17H,2-3,6,8-9H2,(H,21,22). The quantitative estimate of drug-likeness (QED) is 0.805. The Balaban J connectivity index is 2.00. The third-order valence-electron chi connectivity index (χ3n) is 3.71. The van der Waals surface area contributed by atoms with Crippen LogP contribution >= 0.6 is 23.4 Å². The number of carbonyl (C=O) groups is 1. The van der Waals surface area contributed by atoms with Gasteiger partial charge in [-0.05, 0) is 37.6 Å². The van der Waals surface area contributed by atoms with E-state index in [2.05, 4.69) is 15.5 Å². The summed E-state index contributed by atoms with van der Waals surface area (Å²) in [5.41, 5.74) is 0.857. The van der Waals surface area contributed by atoms with Crippen LogP contribution in [0.25, 0.3) is 5.69 Å². The Morgan fingerprint density at radius 2 is 2.35 bits per heavy atom. The van der Waals surface area contributed by atoms with E-state index in [0.29, 0.717) is 10.2 Å². The highest BCUT2D eigenvalue weighted by molar-refractivity contribution is 7.99. The fourth-order valence-electron chi connectivity index (χ4n) is 2.70. The zero-order valence-corrected chi connectivity index (χ0v) is 14.0. The van der Waals surface area contributed by atoms with Crippen LogP contribution in [-0.4, -0.2) is 44.7 Å². The SMILES string of the molecule is O=C(O)CSc1nnc(C2CCCNC2)n1-c1cccc(Cl)c1. The number of rotatable bonds is 5. The van der Waals surface area contributed by atoms with Crippen LogP contribution in [-0.2, 0) is 4.79 Å². The van der Waals surface area contributed by atoms with Gasteiger partial charge in [0.15, 0.2) is 5.16 Å². The molecule has 2 N–H and O–H groups in total. The molecule has 1 aliphatic rings. The Bertz CT molecular complexity index is 701. The second kappa shape index (κ2) is 7.33. The topological polar surface area (TPSA) is 80.0 Å². The lowest BCUT2D eigenvalue weighted by atomic mass is 9.99. The van der Waals surface area contributed by atoms with Gasteiger partial charge in [-0.1, -0.05) is 29.4 Å². The number of nitrogens with one attached hydrogen (secondary N) is 1. The molecule has 2 aromatic rings. The van der Waals surface area contributed by atoms with Crippen molar-refractivity contribution in [3.8, 4) is 5.69 Å². The second-order valence-corrected chi connectivity index (χ2v) is 6.76. The van der Waals surface area contributed by atoms with E-state index in [4.69, 9.17) is 16.7 Å². The average molecular weight is 353 g/mol. The van der Waals surface area contributed by atoms with Crippen molar-refractivity contribution in [2.24, 2.45) is 0 Å². The molecule has 1 saturated heterocycles. The third kappa shape index (κ3) is 3.85. The van der Waals surface area contributed by atoms with Gasteiger partial charge in [0.05, 0.1) is 11.4 Å². The molecule has 0 spiro atoms. The molecule has 0 aliphatic carbocycles. The minimum Gasteiger partial charge on any atom is -0.481 e. The summed E-state index contributed by atoms with van der Waals surface area (Å²) in [6.45, 7) is 1.87. The molecule has 1 unspecified atom stereocenters. The predicted octanol–water partition coefficient (Wildman–Crippen LogP) is 2.56. The number of piperidine rings is 1. The van der Waals surface area contributed by atoms with E-state index in [1.807, 2.05) is 22.8 Å². The van der Waals surface area contributed by atoms with Crippen molar-refractivity contribution < 1.29 is 9.90 Å². The maximum absolute atomic E-state index is 10.9. The molecule has 8 heteroatoms. The average Bonchev–Trinajstić information content (AvgIpc) is 2.97. The molecule has 0 radical (unpaired) electrons. The summed E-state index contributed by atoms with van der Waals surface area (Å²) in [4.78, 5) is 10.9. The van der Waals surface area contributed by atoms with Crippen molar-refractivity contribution in [2.75, 3.05) is 18.8 Å². The van der Waals surface area contributed by atoms with Gasteiger partial charge in [-0.15, -0.1) is 10.2 Å². The van der Waals surface area contributed by atoms with Gasteiger partial charge in [-0.25, -0.2) is 0 Å². The summed E-state index contributed by atoms with van der Waals surface area (Å²) >= 11 is 7.28. The third-order valence-corrected chi connectivity index (χ3v) is 4.86. The summed E-state index contributed by atoms with van der Waals surface area (Å²) < 4.78 is 1.93. The summed E-state index contributed by atoms with van der Waals surface area (Å²) in [5, 5.41) is 22.1. The number of aromatic nitrogens is 3. The minimum atomic E-state index is -0.878. The highest BCUT2D eigenvalue weighted by atomic mass is 35.5. The Labute approximate surface area is 143 Å². The van der Waals surface area contributed by atoms with E-state index < -0.39 is 5.97 Å². The molecule has 23 heavy (non-hydrogen) atoms. The molecular weight excluding hydrogens is 336 g/mol. The van der Waals surface area contributed by atoms with E-state index in [1.165, 1.54) is 11.8 Å². The van der Waals surface area contributed by atoms with Crippen LogP contribution in [0.3, 0.4) is 0 Å². The molecule has 0 bridgehead atoms. The van der Waals surface area contributed by atoms with Gasteiger partial charge in [0.2, 0.25) is 0 Å². The minimum absolute atomic E-state index is 0.0540. The van der Waals surface area contributed by atoms with Gasteiger partial charge in [0, 0.05) is 17.5 Å². The van der Waals surface area contributed by atoms with Gasteiger partial charge in [0.1, 0.15) is 5.82 Å².